The van der Waals surface area contributed by atoms with E-state index in [9.17, 15) is 5.11 Å². The summed E-state index contributed by atoms with van der Waals surface area (Å²) in [5.74, 6) is 2.24. The Kier molecular flexibility index (Phi) is 4.75. The van der Waals surface area contributed by atoms with Crippen molar-refractivity contribution in [1.29, 1.82) is 0 Å². The van der Waals surface area contributed by atoms with E-state index in [2.05, 4.69) is 13.8 Å². The Hall–Kier alpha value is -0.730. The van der Waals surface area contributed by atoms with Crippen LogP contribution in [0.4, 0.5) is 0 Å². The van der Waals surface area contributed by atoms with Crippen molar-refractivity contribution in [2.75, 3.05) is 0 Å². The van der Waals surface area contributed by atoms with Gasteiger partial charge in [0.1, 0.15) is 5.75 Å². The van der Waals surface area contributed by atoms with Crippen molar-refractivity contribution in [2.24, 2.45) is 11.8 Å². The highest BCUT2D eigenvalue weighted by Crippen LogP contribution is 2.34. The van der Waals surface area contributed by atoms with Crippen LogP contribution in [0.1, 0.15) is 51.7 Å². The van der Waals surface area contributed by atoms with Crippen molar-refractivity contribution in [3.63, 3.8) is 0 Å². The average Bonchev–Trinajstić information content (AvgIpc) is 2.36. The molecule has 0 saturated heterocycles. The zero-order valence-corrected chi connectivity index (χ0v) is 12.7. The molecule has 0 radical (unpaired) electrons. The lowest BCUT2D eigenvalue weighted by atomic mass is 9.80. The van der Waals surface area contributed by atoms with E-state index < -0.39 is 6.10 Å². The predicted octanol–water partition coefficient (Wildman–Crippen LogP) is 4.60. The summed E-state index contributed by atoms with van der Waals surface area (Å²) in [6.07, 6.45) is 3.08. The van der Waals surface area contributed by atoms with Crippen LogP contribution in [0.2, 0.25) is 5.02 Å². The van der Waals surface area contributed by atoms with Crippen LogP contribution >= 0.6 is 11.6 Å². The zero-order chi connectivity index (χ0) is 14.0. The van der Waals surface area contributed by atoms with Crippen molar-refractivity contribution >= 4 is 11.6 Å². The van der Waals surface area contributed by atoms with Crippen LogP contribution in [0.3, 0.4) is 0 Å². The fourth-order valence-electron chi connectivity index (χ4n) is 2.74. The first-order valence-corrected chi connectivity index (χ1v) is 7.49. The number of aliphatic hydroxyl groups is 1. The van der Waals surface area contributed by atoms with E-state index in [0.717, 1.165) is 30.1 Å². The molecule has 2 rings (SSSR count). The van der Waals surface area contributed by atoms with E-state index >= 15 is 0 Å². The molecule has 0 heterocycles. The second kappa shape index (κ2) is 6.15. The summed E-state index contributed by atoms with van der Waals surface area (Å²) in [5, 5.41) is 10.4. The molecule has 1 saturated carbocycles. The van der Waals surface area contributed by atoms with Gasteiger partial charge in [-0.2, -0.15) is 0 Å². The number of benzene rings is 1. The van der Waals surface area contributed by atoms with Gasteiger partial charge in [0.2, 0.25) is 0 Å². The monoisotopic (exact) mass is 282 g/mol. The molecule has 19 heavy (non-hydrogen) atoms. The van der Waals surface area contributed by atoms with Gasteiger partial charge in [0, 0.05) is 10.6 Å². The Morgan fingerprint density at radius 3 is 2.63 bits per heavy atom. The lowest BCUT2D eigenvalue weighted by Gasteiger charge is -2.32. The number of rotatable bonds is 3. The molecule has 1 aromatic rings. The maximum absolute atomic E-state index is 9.81. The van der Waals surface area contributed by atoms with Crippen molar-refractivity contribution in [2.45, 2.75) is 52.2 Å². The summed E-state index contributed by atoms with van der Waals surface area (Å²) >= 11 is 5.98. The average molecular weight is 283 g/mol. The lowest BCUT2D eigenvalue weighted by Crippen LogP contribution is -2.29. The summed E-state index contributed by atoms with van der Waals surface area (Å²) < 4.78 is 6.10. The number of hydrogen-bond acceptors (Lipinski definition) is 2. The topological polar surface area (TPSA) is 29.5 Å². The van der Waals surface area contributed by atoms with Gasteiger partial charge in [-0.1, -0.05) is 25.4 Å². The summed E-state index contributed by atoms with van der Waals surface area (Å²) in [5.41, 5.74) is 0.777. The number of hydrogen-bond donors (Lipinski definition) is 1. The Bertz CT molecular complexity index is 431. The fraction of sp³-hybridized carbons (Fsp3) is 0.625. The minimum atomic E-state index is -0.561. The standard InChI is InChI=1S/C16H23ClO2/c1-10-4-6-14(8-11(10)2)19-16-7-5-13(17)9-15(16)12(3)18/h5,7,9-12,14,18H,4,6,8H2,1-3H3. The quantitative estimate of drug-likeness (QED) is 0.878. The molecule has 4 unspecified atom stereocenters. The minimum Gasteiger partial charge on any atom is -0.490 e. The molecule has 4 atom stereocenters. The van der Waals surface area contributed by atoms with Crippen LogP contribution in [0.25, 0.3) is 0 Å². The molecule has 2 nitrogen and oxygen atoms in total. The molecule has 0 aromatic heterocycles. The normalized spacial score (nSPS) is 29.0. The van der Waals surface area contributed by atoms with E-state index in [1.165, 1.54) is 6.42 Å². The van der Waals surface area contributed by atoms with Gasteiger partial charge in [0.15, 0.2) is 0 Å². The van der Waals surface area contributed by atoms with Crippen LogP contribution in [-0.4, -0.2) is 11.2 Å². The highest BCUT2D eigenvalue weighted by molar-refractivity contribution is 6.30. The number of aliphatic hydroxyl groups excluding tert-OH is 1. The third kappa shape index (κ3) is 3.64. The molecule has 0 amide bonds. The number of ether oxygens (including phenoxy) is 1. The van der Waals surface area contributed by atoms with Gasteiger partial charge < -0.3 is 9.84 Å². The van der Waals surface area contributed by atoms with E-state index in [1.54, 1.807) is 13.0 Å². The molecule has 3 heteroatoms. The van der Waals surface area contributed by atoms with Gasteiger partial charge in [-0.15, -0.1) is 0 Å². The van der Waals surface area contributed by atoms with Crippen LogP contribution in [0.15, 0.2) is 18.2 Å². The molecule has 0 spiro atoms. The molecule has 1 aliphatic carbocycles. The molecule has 106 valence electrons. The van der Waals surface area contributed by atoms with Gasteiger partial charge in [0.25, 0.3) is 0 Å². The van der Waals surface area contributed by atoms with Gasteiger partial charge in [-0.3, -0.25) is 0 Å². The third-order valence-corrected chi connectivity index (χ3v) is 4.50. The molecule has 1 aliphatic rings. The van der Waals surface area contributed by atoms with E-state index in [0.29, 0.717) is 10.9 Å². The fourth-order valence-corrected chi connectivity index (χ4v) is 2.92. The van der Waals surface area contributed by atoms with Crippen molar-refractivity contribution < 1.29 is 9.84 Å². The SMILES string of the molecule is CC(O)c1cc(Cl)ccc1OC1CCC(C)C(C)C1. The molecular formula is C16H23ClO2. The first-order chi connectivity index (χ1) is 8.97. The van der Waals surface area contributed by atoms with Gasteiger partial charge >= 0.3 is 0 Å². The predicted molar refractivity (Wildman–Crippen MR) is 78.7 cm³/mol. The molecule has 1 fully saturated rings. The Morgan fingerprint density at radius 2 is 2.00 bits per heavy atom. The number of halogens is 1. The van der Waals surface area contributed by atoms with Gasteiger partial charge in [0.05, 0.1) is 12.2 Å². The summed E-state index contributed by atoms with van der Waals surface area (Å²) in [6.45, 7) is 6.34. The summed E-state index contributed by atoms with van der Waals surface area (Å²) in [6, 6.07) is 5.47. The molecule has 0 aliphatic heterocycles. The molecule has 0 bridgehead atoms. The van der Waals surface area contributed by atoms with Crippen LogP contribution in [0.5, 0.6) is 5.75 Å². The smallest absolute Gasteiger partial charge is 0.125 e. The van der Waals surface area contributed by atoms with Crippen LogP contribution in [0, 0.1) is 11.8 Å². The molecular weight excluding hydrogens is 260 g/mol. The van der Waals surface area contributed by atoms with E-state index in [1.807, 2.05) is 12.1 Å². The first-order valence-electron chi connectivity index (χ1n) is 7.11. The van der Waals surface area contributed by atoms with Crippen molar-refractivity contribution in [3.05, 3.63) is 28.8 Å². The van der Waals surface area contributed by atoms with Gasteiger partial charge in [-0.05, 0) is 56.2 Å². The van der Waals surface area contributed by atoms with Gasteiger partial charge in [-0.25, -0.2) is 0 Å². The summed E-state index contributed by atoms with van der Waals surface area (Å²) in [4.78, 5) is 0. The maximum atomic E-state index is 9.81. The van der Waals surface area contributed by atoms with Crippen molar-refractivity contribution in [1.82, 2.24) is 0 Å². The third-order valence-electron chi connectivity index (χ3n) is 4.27. The second-order valence-electron chi connectivity index (χ2n) is 5.87. The Labute approximate surface area is 120 Å². The van der Waals surface area contributed by atoms with Crippen LogP contribution in [-0.2, 0) is 0 Å². The molecule has 1 aromatic carbocycles. The largest absolute Gasteiger partial charge is 0.490 e. The van der Waals surface area contributed by atoms with Crippen molar-refractivity contribution in [3.8, 4) is 5.75 Å². The second-order valence-corrected chi connectivity index (χ2v) is 6.30. The zero-order valence-electron chi connectivity index (χ0n) is 11.9. The minimum absolute atomic E-state index is 0.255. The lowest BCUT2D eigenvalue weighted by molar-refractivity contribution is 0.0957. The Balaban J connectivity index is 2.11. The summed E-state index contributed by atoms with van der Waals surface area (Å²) in [7, 11) is 0. The van der Waals surface area contributed by atoms with Crippen LogP contribution < -0.4 is 4.74 Å². The highest BCUT2D eigenvalue weighted by atomic mass is 35.5. The maximum Gasteiger partial charge on any atom is 0.125 e. The Morgan fingerprint density at radius 1 is 1.26 bits per heavy atom. The van der Waals surface area contributed by atoms with E-state index in [4.69, 9.17) is 16.3 Å². The highest BCUT2D eigenvalue weighted by Gasteiger charge is 2.26. The molecule has 1 N–H and O–H groups in total. The first kappa shape index (κ1) is 14.7. The van der Waals surface area contributed by atoms with E-state index in [-0.39, 0.29) is 6.10 Å².